The molecule has 39 heavy (non-hydrogen) atoms. The van der Waals surface area contributed by atoms with Crippen LogP contribution in [0, 0.1) is 12.7 Å². The number of aromatic nitrogens is 3. The standard InChI is InChI=1S/C27H27F4N5O2S/c1-5-21(37)36-15(3)12-34(13-16(36)4)25-17-10-18(27(29,30)31)22(20-9-14(2)19(28)11-32-20)24-23(17)35(26(38)33-25)7-6-8-39-24/h5,9-11,15-16H,1,6-8,12-13H2,2-4H3. The molecule has 1 amide bonds. The van der Waals surface area contributed by atoms with Crippen molar-refractivity contribution in [3.8, 4) is 11.3 Å². The van der Waals surface area contributed by atoms with Crippen molar-refractivity contribution in [2.75, 3.05) is 23.7 Å². The fourth-order valence-corrected chi connectivity index (χ4v) is 6.76. The molecule has 1 fully saturated rings. The molecule has 5 rings (SSSR count). The number of alkyl halides is 3. The number of thioether (sulfide) groups is 1. The maximum atomic E-state index is 14.7. The summed E-state index contributed by atoms with van der Waals surface area (Å²) < 4.78 is 59.5. The molecule has 1 aromatic carbocycles. The van der Waals surface area contributed by atoms with Crippen LogP contribution >= 0.6 is 11.8 Å². The largest absolute Gasteiger partial charge is 0.417 e. The molecule has 7 nitrogen and oxygen atoms in total. The van der Waals surface area contributed by atoms with Crippen molar-refractivity contribution in [2.24, 2.45) is 0 Å². The van der Waals surface area contributed by atoms with Gasteiger partial charge in [0.15, 0.2) is 0 Å². The number of pyridine rings is 1. The van der Waals surface area contributed by atoms with Crippen molar-refractivity contribution in [1.82, 2.24) is 19.4 Å². The SMILES string of the molecule is C=CC(=O)N1C(C)CN(c2nc(=O)n3c4c(c(-c5cc(C)c(F)cn5)c(C(F)(F)F)cc24)SCCC3)CC1C. The van der Waals surface area contributed by atoms with Crippen LogP contribution in [-0.2, 0) is 17.5 Å². The molecule has 0 aliphatic carbocycles. The fraction of sp³-hybridized carbons (Fsp3) is 0.407. The van der Waals surface area contributed by atoms with E-state index < -0.39 is 23.2 Å². The van der Waals surface area contributed by atoms with Gasteiger partial charge in [0.25, 0.3) is 0 Å². The van der Waals surface area contributed by atoms with Gasteiger partial charge in [0.1, 0.15) is 11.6 Å². The Morgan fingerprint density at radius 2 is 1.90 bits per heavy atom. The van der Waals surface area contributed by atoms with E-state index in [0.29, 0.717) is 24.2 Å². The van der Waals surface area contributed by atoms with E-state index in [9.17, 15) is 27.2 Å². The van der Waals surface area contributed by atoms with Crippen LogP contribution in [0.5, 0.6) is 0 Å². The molecule has 0 radical (unpaired) electrons. The number of carbonyl (C=O) groups is 1. The van der Waals surface area contributed by atoms with Crippen molar-refractivity contribution in [1.29, 1.82) is 0 Å². The number of nitrogens with zero attached hydrogens (tertiary/aromatic N) is 5. The second-order valence-corrected chi connectivity index (χ2v) is 11.1. The zero-order chi connectivity index (χ0) is 28.2. The van der Waals surface area contributed by atoms with E-state index in [1.165, 1.54) is 35.4 Å². The number of aryl methyl sites for hydroxylation is 2. The molecule has 3 aromatic rings. The summed E-state index contributed by atoms with van der Waals surface area (Å²) in [5, 5.41) is 0.205. The lowest BCUT2D eigenvalue weighted by atomic mass is 9.98. The summed E-state index contributed by atoms with van der Waals surface area (Å²) in [5.41, 5.74) is -1.12. The Labute approximate surface area is 226 Å². The molecule has 0 saturated carbocycles. The molecular formula is C27H27F4N5O2S. The van der Waals surface area contributed by atoms with Crippen molar-refractivity contribution in [3.63, 3.8) is 0 Å². The van der Waals surface area contributed by atoms with E-state index in [1.807, 2.05) is 13.8 Å². The molecule has 0 N–H and O–H groups in total. The number of halogens is 4. The predicted octanol–water partition coefficient (Wildman–Crippen LogP) is 5.03. The van der Waals surface area contributed by atoms with Gasteiger partial charge in [-0.15, -0.1) is 11.8 Å². The first-order chi connectivity index (χ1) is 18.4. The van der Waals surface area contributed by atoms with Crippen molar-refractivity contribution in [2.45, 2.75) is 56.9 Å². The summed E-state index contributed by atoms with van der Waals surface area (Å²) in [6.45, 7) is 9.56. The van der Waals surface area contributed by atoms with Crippen LogP contribution in [0.25, 0.3) is 22.2 Å². The van der Waals surface area contributed by atoms with Gasteiger partial charge in [-0.3, -0.25) is 14.3 Å². The molecule has 4 heterocycles. The van der Waals surface area contributed by atoms with Crippen LogP contribution in [0.3, 0.4) is 0 Å². The van der Waals surface area contributed by atoms with Gasteiger partial charge in [0.2, 0.25) is 5.91 Å². The summed E-state index contributed by atoms with van der Waals surface area (Å²) >= 11 is 1.23. The molecule has 12 heteroatoms. The first-order valence-electron chi connectivity index (χ1n) is 12.6. The molecule has 2 aromatic heterocycles. The minimum absolute atomic E-state index is 0.0105. The number of piperazine rings is 1. The zero-order valence-electron chi connectivity index (χ0n) is 21.7. The Kier molecular flexibility index (Phi) is 6.94. The summed E-state index contributed by atoms with van der Waals surface area (Å²) in [6.07, 6.45) is -2.05. The van der Waals surface area contributed by atoms with E-state index in [2.05, 4.69) is 16.5 Å². The highest BCUT2D eigenvalue weighted by Crippen LogP contribution is 2.48. The lowest BCUT2D eigenvalue weighted by Crippen LogP contribution is -2.58. The number of amides is 1. The lowest BCUT2D eigenvalue weighted by Gasteiger charge is -2.44. The Morgan fingerprint density at radius 3 is 2.51 bits per heavy atom. The number of carbonyl (C=O) groups excluding carboxylic acids is 1. The van der Waals surface area contributed by atoms with Crippen LogP contribution < -0.4 is 10.6 Å². The Bertz CT molecular complexity index is 1540. The molecule has 2 aliphatic rings. The van der Waals surface area contributed by atoms with E-state index in [4.69, 9.17) is 0 Å². The average molecular weight is 562 g/mol. The molecule has 1 saturated heterocycles. The van der Waals surface area contributed by atoms with Gasteiger partial charge in [-0.1, -0.05) is 6.58 Å². The van der Waals surface area contributed by atoms with Gasteiger partial charge >= 0.3 is 11.9 Å². The third-order valence-electron chi connectivity index (χ3n) is 7.23. The van der Waals surface area contributed by atoms with E-state index in [0.717, 1.165) is 12.3 Å². The Balaban J connectivity index is 1.81. The maximum absolute atomic E-state index is 14.7. The van der Waals surface area contributed by atoms with Gasteiger partial charge in [-0.2, -0.15) is 18.2 Å². The van der Waals surface area contributed by atoms with Crippen molar-refractivity contribution >= 4 is 34.4 Å². The number of rotatable bonds is 3. The molecule has 206 valence electrons. The monoisotopic (exact) mass is 561 g/mol. The van der Waals surface area contributed by atoms with Crippen LogP contribution in [0.2, 0.25) is 0 Å². The minimum Gasteiger partial charge on any atom is -0.352 e. The van der Waals surface area contributed by atoms with Crippen LogP contribution in [-0.4, -0.2) is 56.3 Å². The Hall–Kier alpha value is -3.41. The first-order valence-corrected chi connectivity index (χ1v) is 13.5. The number of benzene rings is 1. The molecule has 0 bridgehead atoms. The zero-order valence-corrected chi connectivity index (χ0v) is 22.5. The smallest absolute Gasteiger partial charge is 0.352 e. The van der Waals surface area contributed by atoms with Crippen LogP contribution in [0.1, 0.15) is 31.4 Å². The summed E-state index contributed by atoms with van der Waals surface area (Å²) in [4.78, 5) is 37.8. The number of anilines is 1. The van der Waals surface area contributed by atoms with Gasteiger partial charge in [-0.25, -0.2) is 9.18 Å². The molecular weight excluding hydrogens is 534 g/mol. The third kappa shape index (κ3) is 4.68. The lowest BCUT2D eigenvalue weighted by molar-refractivity contribution is -0.137. The topological polar surface area (TPSA) is 71.3 Å². The number of hydrogen-bond acceptors (Lipinski definition) is 6. The summed E-state index contributed by atoms with van der Waals surface area (Å²) in [6, 6.07) is 1.75. The quantitative estimate of drug-likeness (QED) is 0.330. The fourth-order valence-electron chi connectivity index (χ4n) is 5.57. The van der Waals surface area contributed by atoms with Gasteiger partial charge < -0.3 is 9.80 Å². The normalized spacial score (nSPS) is 19.8. The minimum atomic E-state index is -4.76. The first kappa shape index (κ1) is 27.2. The van der Waals surface area contributed by atoms with Gasteiger partial charge in [0.05, 0.1) is 23.0 Å². The maximum Gasteiger partial charge on any atom is 0.417 e. The molecule has 2 atom stereocenters. The Morgan fingerprint density at radius 1 is 1.21 bits per heavy atom. The van der Waals surface area contributed by atoms with Crippen molar-refractivity contribution in [3.05, 3.63) is 58.4 Å². The molecule has 2 aliphatic heterocycles. The predicted molar refractivity (Wildman–Crippen MR) is 142 cm³/mol. The van der Waals surface area contributed by atoms with Gasteiger partial charge in [-0.05, 0) is 56.7 Å². The highest BCUT2D eigenvalue weighted by molar-refractivity contribution is 7.99. The summed E-state index contributed by atoms with van der Waals surface area (Å²) in [5.74, 6) is -0.221. The second kappa shape index (κ2) is 9.96. The highest BCUT2D eigenvalue weighted by Gasteiger charge is 2.39. The van der Waals surface area contributed by atoms with E-state index >= 15 is 0 Å². The second-order valence-electron chi connectivity index (χ2n) is 9.97. The average Bonchev–Trinajstić information content (AvgIpc) is 3.10. The van der Waals surface area contributed by atoms with E-state index in [-0.39, 0.29) is 64.0 Å². The van der Waals surface area contributed by atoms with Crippen LogP contribution in [0.4, 0.5) is 23.4 Å². The third-order valence-corrected chi connectivity index (χ3v) is 8.41. The van der Waals surface area contributed by atoms with Crippen LogP contribution in [0.15, 0.2) is 40.7 Å². The molecule has 0 spiro atoms. The highest BCUT2D eigenvalue weighted by atomic mass is 32.2. The van der Waals surface area contributed by atoms with Gasteiger partial charge in [0, 0.05) is 47.6 Å². The molecule has 2 unspecified atom stereocenters. The van der Waals surface area contributed by atoms with E-state index in [1.54, 1.807) is 9.80 Å². The number of hydrogen-bond donors (Lipinski definition) is 0. The van der Waals surface area contributed by atoms with Crippen molar-refractivity contribution < 1.29 is 22.4 Å². The summed E-state index contributed by atoms with van der Waals surface area (Å²) in [7, 11) is 0.